The van der Waals surface area contributed by atoms with Crippen LogP contribution in [0.4, 0.5) is 5.82 Å². The third kappa shape index (κ3) is 2.61. The van der Waals surface area contributed by atoms with Gasteiger partial charge in [0.15, 0.2) is 0 Å². The van der Waals surface area contributed by atoms with Gasteiger partial charge in [-0.2, -0.15) is 5.10 Å². The molecule has 90 valence electrons. The third-order valence-electron chi connectivity index (χ3n) is 2.56. The molecule has 0 aliphatic heterocycles. The summed E-state index contributed by atoms with van der Waals surface area (Å²) in [5.41, 5.74) is 7.77. The van der Waals surface area contributed by atoms with Crippen molar-refractivity contribution in [3.05, 3.63) is 40.0 Å². The number of anilines is 1. The molecular weight excluding hydrogens is 282 g/mol. The molecule has 0 unspecified atom stereocenters. The summed E-state index contributed by atoms with van der Waals surface area (Å²) in [5, 5.41) is 4.23. The Morgan fingerprint density at radius 1 is 1.47 bits per heavy atom. The zero-order chi connectivity index (χ0) is 12.4. The molecule has 0 atom stereocenters. The molecule has 5 heteroatoms. The maximum Gasteiger partial charge on any atom is 0.148 e. The second-order valence-electron chi connectivity index (χ2n) is 3.85. The van der Waals surface area contributed by atoms with E-state index in [1.165, 1.54) is 0 Å². The molecule has 17 heavy (non-hydrogen) atoms. The maximum atomic E-state index is 5.72. The van der Waals surface area contributed by atoms with Crippen LogP contribution in [-0.2, 0) is 6.54 Å². The number of aromatic nitrogens is 2. The van der Waals surface area contributed by atoms with Crippen molar-refractivity contribution >= 4 is 21.7 Å². The Bertz CT molecular complexity index is 517. The van der Waals surface area contributed by atoms with Crippen LogP contribution in [0.3, 0.4) is 0 Å². The van der Waals surface area contributed by atoms with Gasteiger partial charge in [0.2, 0.25) is 0 Å². The molecule has 0 saturated heterocycles. The van der Waals surface area contributed by atoms with E-state index in [4.69, 9.17) is 10.5 Å². The number of benzene rings is 1. The van der Waals surface area contributed by atoms with Crippen LogP contribution in [0.2, 0.25) is 0 Å². The van der Waals surface area contributed by atoms with Gasteiger partial charge in [0.25, 0.3) is 0 Å². The second-order valence-corrected chi connectivity index (χ2v) is 4.77. The van der Waals surface area contributed by atoms with Crippen molar-refractivity contribution in [3.63, 3.8) is 0 Å². The van der Waals surface area contributed by atoms with Crippen LogP contribution in [0.5, 0.6) is 5.75 Å². The van der Waals surface area contributed by atoms with E-state index < -0.39 is 0 Å². The smallest absolute Gasteiger partial charge is 0.148 e. The lowest BCUT2D eigenvalue weighted by molar-refractivity contribution is 0.407. The summed E-state index contributed by atoms with van der Waals surface area (Å²) in [5.74, 6) is 1.42. The predicted octanol–water partition coefficient (Wildman–Crippen LogP) is 2.59. The van der Waals surface area contributed by atoms with E-state index in [2.05, 4.69) is 21.0 Å². The Kier molecular flexibility index (Phi) is 3.38. The van der Waals surface area contributed by atoms with E-state index in [1.54, 1.807) is 7.11 Å². The Balaban J connectivity index is 2.31. The highest BCUT2D eigenvalue weighted by molar-refractivity contribution is 9.10. The van der Waals surface area contributed by atoms with Gasteiger partial charge < -0.3 is 10.5 Å². The number of halogens is 1. The standard InChI is InChI=1S/C12H14BrN3O/c1-8-6-16(15-12(8)14)7-9-5-10(13)3-4-11(9)17-2/h3-6H,7H2,1-2H3,(H2,14,15). The number of rotatable bonds is 3. The number of nitrogens with two attached hydrogens (primary N) is 1. The van der Waals surface area contributed by atoms with E-state index in [-0.39, 0.29) is 0 Å². The maximum absolute atomic E-state index is 5.72. The van der Waals surface area contributed by atoms with Gasteiger partial charge in [0.1, 0.15) is 11.6 Å². The predicted molar refractivity (Wildman–Crippen MR) is 71.2 cm³/mol. The molecule has 2 aromatic rings. The summed E-state index contributed by atoms with van der Waals surface area (Å²) < 4.78 is 8.15. The molecule has 0 radical (unpaired) electrons. The van der Waals surface area contributed by atoms with Crippen molar-refractivity contribution in [2.45, 2.75) is 13.5 Å². The average Bonchev–Trinajstić information content (AvgIpc) is 2.58. The first-order chi connectivity index (χ1) is 8.10. The summed E-state index contributed by atoms with van der Waals surface area (Å²) in [6.07, 6.45) is 1.93. The van der Waals surface area contributed by atoms with E-state index in [9.17, 15) is 0 Å². The highest BCUT2D eigenvalue weighted by atomic mass is 79.9. The van der Waals surface area contributed by atoms with Gasteiger partial charge in [-0.05, 0) is 25.1 Å². The van der Waals surface area contributed by atoms with Crippen LogP contribution in [0, 0.1) is 6.92 Å². The van der Waals surface area contributed by atoms with Gasteiger partial charge in [-0.15, -0.1) is 0 Å². The molecule has 0 bridgehead atoms. The van der Waals surface area contributed by atoms with E-state index >= 15 is 0 Å². The van der Waals surface area contributed by atoms with Gasteiger partial charge in [-0.1, -0.05) is 15.9 Å². The summed E-state index contributed by atoms with van der Waals surface area (Å²) in [6.45, 7) is 2.58. The summed E-state index contributed by atoms with van der Waals surface area (Å²) in [6, 6.07) is 5.90. The number of ether oxygens (including phenoxy) is 1. The highest BCUT2D eigenvalue weighted by Crippen LogP contribution is 2.24. The SMILES string of the molecule is COc1ccc(Br)cc1Cn1cc(C)c(N)n1. The Morgan fingerprint density at radius 2 is 2.24 bits per heavy atom. The van der Waals surface area contributed by atoms with E-state index in [0.717, 1.165) is 21.3 Å². The molecule has 0 fully saturated rings. The van der Waals surface area contributed by atoms with Crippen molar-refractivity contribution in [2.75, 3.05) is 12.8 Å². The van der Waals surface area contributed by atoms with E-state index in [0.29, 0.717) is 12.4 Å². The lowest BCUT2D eigenvalue weighted by Crippen LogP contribution is -2.03. The minimum absolute atomic E-state index is 0.568. The van der Waals surface area contributed by atoms with Gasteiger partial charge in [-0.25, -0.2) is 0 Å². The minimum Gasteiger partial charge on any atom is -0.496 e. The zero-order valence-electron chi connectivity index (χ0n) is 9.77. The molecule has 0 saturated carbocycles. The monoisotopic (exact) mass is 295 g/mol. The fraction of sp³-hybridized carbons (Fsp3) is 0.250. The normalized spacial score (nSPS) is 10.5. The summed E-state index contributed by atoms with van der Waals surface area (Å²) in [7, 11) is 1.66. The second kappa shape index (κ2) is 4.79. The zero-order valence-corrected chi connectivity index (χ0v) is 11.4. The Hall–Kier alpha value is -1.49. The summed E-state index contributed by atoms with van der Waals surface area (Å²) in [4.78, 5) is 0. The first kappa shape index (κ1) is 12.0. The molecule has 1 aromatic carbocycles. The van der Waals surface area contributed by atoms with Crippen molar-refractivity contribution in [2.24, 2.45) is 0 Å². The van der Waals surface area contributed by atoms with Crippen LogP contribution < -0.4 is 10.5 Å². The molecular formula is C12H14BrN3O. The van der Waals surface area contributed by atoms with Gasteiger partial charge in [0, 0.05) is 21.8 Å². The third-order valence-corrected chi connectivity index (χ3v) is 3.05. The van der Waals surface area contributed by atoms with Crippen molar-refractivity contribution < 1.29 is 4.74 Å². The largest absolute Gasteiger partial charge is 0.496 e. The fourth-order valence-corrected chi connectivity index (χ4v) is 2.07. The van der Waals surface area contributed by atoms with Crippen LogP contribution >= 0.6 is 15.9 Å². The highest BCUT2D eigenvalue weighted by Gasteiger charge is 2.07. The van der Waals surface area contributed by atoms with Crippen LogP contribution in [0.1, 0.15) is 11.1 Å². The van der Waals surface area contributed by atoms with Crippen molar-refractivity contribution in [3.8, 4) is 5.75 Å². The topological polar surface area (TPSA) is 53.1 Å². The molecule has 0 aliphatic carbocycles. The Morgan fingerprint density at radius 3 is 2.82 bits per heavy atom. The fourth-order valence-electron chi connectivity index (χ4n) is 1.66. The first-order valence-electron chi connectivity index (χ1n) is 5.22. The lowest BCUT2D eigenvalue weighted by Gasteiger charge is -2.08. The van der Waals surface area contributed by atoms with Gasteiger partial charge in [-0.3, -0.25) is 4.68 Å². The number of nitrogens with zero attached hydrogens (tertiary/aromatic N) is 2. The van der Waals surface area contributed by atoms with Crippen LogP contribution in [0.25, 0.3) is 0 Å². The van der Waals surface area contributed by atoms with Crippen LogP contribution in [0.15, 0.2) is 28.9 Å². The number of hydrogen-bond acceptors (Lipinski definition) is 3. The molecule has 0 spiro atoms. The van der Waals surface area contributed by atoms with E-state index in [1.807, 2.05) is 36.0 Å². The number of methoxy groups -OCH3 is 1. The molecule has 1 heterocycles. The van der Waals surface area contributed by atoms with Crippen molar-refractivity contribution in [1.29, 1.82) is 0 Å². The lowest BCUT2D eigenvalue weighted by atomic mass is 10.2. The minimum atomic E-state index is 0.568. The van der Waals surface area contributed by atoms with Gasteiger partial charge >= 0.3 is 0 Å². The quantitative estimate of drug-likeness (QED) is 0.947. The summed E-state index contributed by atoms with van der Waals surface area (Å²) >= 11 is 3.45. The number of aryl methyl sites for hydroxylation is 1. The molecule has 2 N–H and O–H groups in total. The number of hydrogen-bond donors (Lipinski definition) is 1. The Labute approximate surface area is 109 Å². The average molecular weight is 296 g/mol. The number of nitrogen functional groups attached to an aromatic ring is 1. The molecule has 4 nitrogen and oxygen atoms in total. The molecule has 0 amide bonds. The van der Waals surface area contributed by atoms with Crippen LogP contribution in [-0.4, -0.2) is 16.9 Å². The molecule has 1 aromatic heterocycles. The van der Waals surface area contributed by atoms with Crippen molar-refractivity contribution in [1.82, 2.24) is 9.78 Å². The molecule has 0 aliphatic rings. The first-order valence-corrected chi connectivity index (χ1v) is 6.01. The van der Waals surface area contributed by atoms with Gasteiger partial charge in [0.05, 0.1) is 13.7 Å². The molecule has 2 rings (SSSR count).